The molecule has 0 aliphatic carbocycles. The first-order chi connectivity index (χ1) is 10.0. The number of methoxy groups -OCH3 is 2. The van der Waals surface area contributed by atoms with Crippen LogP contribution in [0.4, 0.5) is 5.69 Å². The average molecular weight is 350 g/mol. The maximum atomic E-state index is 5.41. The molecule has 2 aromatic rings. The monoisotopic (exact) mass is 349 g/mol. The van der Waals surface area contributed by atoms with Gasteiger partial charge in [-0.15, -0.1) is 0 Å². The molecule has 0 saturated carbocycles. The van der Waals surface area contributed by atoms with Gasteiger partial charge in [-0.05, 0) is 65.2 Å². The van der Waals surface area contributed by atoms with Crippen LogP contribution in [-0.2, 0) is 6.54 Å². The fraction of sp³-hybridized carbons (Fsp3) is 0.294. The predicted octanol–water partition coefficient (Wildman–Crippen LogP) is 4.70. The molecular weight excluding hydrogens is 330 g/mol. The maximum absolute atomic E-state index is 5.41. The van der Waals surface area contributed by atoms with E-state index >= 15 is 0 Å². The Morgan fingerprint density at radius 3 is 2.43 bits per heavy atom. The third-order valence-corrected chi connectivity index (χ3v) is 4.00. The SMILES string of the molecule is COc1ccc(OC)c(CNc2c(C)cc(C)cc2Br)c1. The summed E-state index contributed by atoms with van der Waals surface area (Å²) in [4.78, 5) is 0. The Labute approximate surface area is 134 Å². The Morgan fingerprint density at radius 1 is 1.05 bits per heavy atom. The first kappa shape index (κ1) is 15.7. The van der Waals surface area contributed by atoms with Crippen molar-refractivity contribution >= 4 is 21.6 Å². The fourth-order valence-electron chi connectivity index (χ4n) is 2.34. The molecule has 112 valence electrons. The largest absolute Gasteiger partial charge is 0.497 e. The Hall–Kier alpha value is -1.68. The molecule has 0 aromatic heterocycles. The molecule has 0 bridgehead atoms. The van der Waals surface area contributed by atoms with Crippen molar-refractivity contribution in [3.8, 4) is 11.5 Å². The molecule has 0 amide bonds. The van der Waals surface area contributed by atoms with Gasteiger partial charge >= 0.3 is 0 Å². The molecule has 0 unspecified atom stereocenters. The lowest BCUT2D eigenvalue weighted by atomic mass is 10.1. The zero-order chi connectivity index (χ0) is 15.4. The Balaban J connectivity index is 2.24. The first-order valence-corrected chi connectivity index (χ1v) is 7.56. The summed E-state index contributed by atoms with van der Waals surface area (Å²) < 4.78 is 11.8. The van der Waals surface area contributed by atoms with E-state index in [1.54, 1.807) is 14.2 Å². The summed E-state index contributed by atoms with van der Waals surface area (Å²) in [6.07, 6.45) is 0. The summed E-state index contributed by atoms with van der Waals surface area (Å²) in [5, 5.41) is 3.47. The Kier molecular flexibility index (Phi) is 5.12. The van der Waals surface area contributed by atoms with Crippen LogP contribution in [0.25, 0.3) is 0 Å². The van der Waals surface area contributed by atoms with Gasteiger partial charge in [0.15, 0.2) is 0 Å². The average Bonchev–Trinajstić information content (AvgIpc) is 2.45. The van der Waals surface area contributed by atoms with Crippen LogP contribution in [-0.4, -0.2) is 14.2 Å². The van der Waals surface area contributed by atoms with Crippen molar-refractivity contribution in [2.75, 3.05) is 19.5 Å². The molecule has 4 heteroatoms. The number of hydrogen-bond acceptors (Lipinski definition) is 3. The minimum Gasteiger partial charge on any atom is -0.497 e. The normalized spacial score (nSPS) is 10.3. The second kappa shape index (κ2) is 6.85. The van der Waals surface area contributed by atoms with Crippen LogP contribution in [0.2, 0.25) is 0 Å². The van der Waals surface area contributed by atoms with Crippen molar-refractivity contribution in [2.24, 2.45) is 0 Å². The molecule has 0 aliphatic heterocycles. The maximum Gasteiger partial charge on any atom is 0.124 e. The lowest BCUT2D eigenvalue weighted by Gasteiger charge is -2.15. The highest BCUT2D eigenvalue weighted by molar-refractivity contribution is 9.10. The third-order valence-electron chi connectivity index (χ3n) is 3.37. The predicted molar refractivity (Wildman–Crippen MR) is 90.5 cm³/mol. The number of halogens is 1. The Bertz CT molecular complexity index is 618. The summed E-state index contributed by atoms with van der Waals surface area (Å²) in [6.45, 7) is 4.86. The van der Waals surface area contributed by atoms with E-state index < -0.39 is 0 Å². The molecule has 0 saturated heterocycles. The highest BCUT2D eigenvalue weighted by atomic mass is 79.9. The summed E-state index contributed by atoms with van der Waals surface area (Å²) in [7, 11) is 3.35. The van der Waals surface area contributed by atoms with Gasteiger partial charge in [-0.2, -0.15) is 0 Å². The van der Waals surface area contributed by atoms with E-state index in [0.29, 0.717) is 6.54 Å². The quantitative estimate of drug-likeness (QED) is 0.848. The van der Waals surface area contributed by atoms with Gasteiger partial charge in [-0.25, -0.2) is 0 Å². The molecule has 21 heavy (non-hydrogen) atoms. The van der Waals surface area contributed by atoms with Gasteiger partial charge in [-0.3, -0.25) is 0 Å². The Morgan fingerprint density at radius 2 is 1.81 bits per heavy atom. The zero-order valence-electron chi connectivity index (χ0n) is 12.8. The zero-order valence-corrected chi connectivity index (χ0v) is 14.4. The van der Waals surface area contributed by atoms with E-state index in [-0.39, 0.29) is 0 Å². The number of rotatable bonds is 5. The van der Waals surface area contributed by atoms with Crippen LogP contribution in [0.5, 0.6) is 11.5 Å². The number of hydrogen-bond donors (Lipinski definition) is 1. The second-order valence-electron chi connectivity index (χ2n) is 4.97. The molecule has 2 rings (SSSR count). The number of aryl methyl sites for hydroxylation is 2. The van der Waals surface area contributed by atoms with Crippen LogP contribution in [0.15, 0.2) is 34.8 Å². The summed E-state index contributed by atoms with van der Waals surface area (Å²) >= 11 is 3.62. The van der Waals surface area contributed by atoms with Crippen LogP contribution in [0.1, 0.15) is 16.7 Å². The van der Waals surface area contributed by atoms with Gasteiger partial charge < -0.3 is 14.8 Å². The molecule has 0 spiro atoms. The van der Waals surface area contributed by atoms with Crippen molar-refractivity contribution in [1.29, 1.82) is 0 Å². The smallest absolute Gasteiger partial charge is 0.124 e. The topological polar surface area (TPSA) is 30.5 Å². The van der Waals surface area contributed by atoms with Crippen LogP contribution < -0.4 is 14.8 Å². The van der Waals surface area contributed by atoms with E-state index in [0.717, 1.165) is 27.2 Å². The number of benzene rings is 2. The van der Waals surface area contributed by atoms with Gasteiger partial charge in [0.25, 0.3) is 0 Å². The van der Waals surface area contributed by atoms with Crippen LogP contribution >= 0.6 is 15.9 Å². The molecule has 2 aromatic carbocycles. The highest BCUT2D eigenvalue weighted by Gasteiger charge is 2.08. The first-order valence-electron chi connectivity index (χ1n) is 6.76. The fourth-order valence-corrected chi connectivity index (χ4v) is 3.16. The van der Waals surface area contributed by atoms with E-state index in [9.17, 15) is 0 Å². The summed E-state index contributed by atoms with van der Waals surface area (Å²) in [5.41, 5.74) is 4.61. The molecule has 3 nitrogen and oxygen atoms in total. The molecule has 0 atom stereocenters. The minimum absolute atomic E-state index is 0.670. The third kappa shape index (κ3) is 3.70. The summed E-state index contributed by atoms with van der Waals surface area (Å²) in [5.74, 6) is 1.68. The van der Waals surface area contributed by atoms with E-state index in [1.165, 1.54) is 11.1 Å². The lowest BCUT2D eigenvalue weighted by molar-refractivity contribution is 0.399. The number of ether oxygens (including phenoxy) is 2. The van der Waals surface area contributed by atoms with Gasteiger partial charge in [0.2, 0.25) is 0 Å². The van der Waals surface area contributed by atoms with Crippen molar-refractivity contribution < 1.29 is 9.47 Å². The lowest BCUT2D eigenvalue weighted by Crippen LogP contribution is -2.04. The molecular formula is C17H20BrNO2. The van der Waals surface area contributed by atoms with Crippen molar-refractivity contribution in [1.82, 2.24) is 0 Å². The van der Waals surface area contributed by atoms with Crippen molar-refractivity contribution in [3.63, 3.8) is 0 Å². The van der Waals surface area contributed by atoms with Gasteiger partial charge in [0, 0.05) is 16.6 Å². The van der Waals surface area contributed by atoms with E-state index in [2.05, 4.69) is 47.2 Å². The standard InChI is InChI=1S/C17H20BrNO2/c1-11-7-12(2)17(15(18)8-11)19-10-13-9-14(20-3)5-6-16(13)21-4/h5-9,19H,10H2,1-4H3. The van der Waals surface area contributed by atoms with E-state index in [4.69, 9.17) is 9.47 Å². The van der Waals surface area contributed by atoms with E-state index in [1.807, 2.05) is 18.2 Å². The van der Waals surface area contributed by atoms with Crippen LogP contribution in [0, 0.1) is 13.8 Å². The van der Waals surface area contributed by atoms with Gasteiger partial charge in [0.1, 0.15) is 11.5 Å². The second-order valence-corrected chi connectivity index (χ2v) is 5.82. The highest BCUT2D eigenvalue weighted by Crippen LogP contribution is 2.30. The molecule has 0 heterocycles. The van der Waals surface area contributed by atoms with Crippen molar-refractivity contribution in [2.45, 2.75) is 20.4 Å². The van der Waals surface area contributed by atoms with Gasteiger partial charge in [-0.1, -0.05) is 6.07 Å². The van der Waals surface area contributed by atoms with Gasteiger partial charge in [0.05, 0.1) is 19.9 Å². The summed E-state index contributed by atoms with van der Waals surface area (Å²) in [6, 6.07) is 10.1. The molecule has 0 radical (unpaired) electrons. The van der Waals surface area contributed by atoms with Crippen LogP contribution in [0.3, 0.4) is 0 Å². The molecule has 1 N–H and O–H groups in total. The van der Waals surface area contributed by atoms with Crippen molar-refractivity contribution in [3.05, 3.63) is 51.5 Å². The molecule has 0 aliphatic rings. The minimum atomic E-state index is 0.670. The molecule has 0 fully saturated rings. The number of anilines is 1. The number of nitrogens with one attached hydrogen (secondary N) is 1.